The summed E-state index contributed by atoms with van der Waals surface area (Å²) in [4.78, 5) is 5.57. The van der Waals surface area contributed by atoms with Crippen molar-refractivity contribution in [2.75, 3.05) is 0 Å². The number of rotatable bonds is 4. The van der Waals surface area contributed by atoms with Gasteiger partial charge >= 0.3 is 0 Å². The summed E-state index contributed by atoms with van der Waals surface area (Å²) in [6.45, 7) is 4.15. The van der Waals surface area contributed by atoms with E-state index in [0.29, 0.717) is 5.92 Å². The largest absolute Gasteiger partial charge is 0.463 e. The third-order valence-electron chi connectivity index (χ3n) is 3.53. The van der Waals surface area contributed by atoms with Crippen molar-refractivity contribution in [3.05, 3.63) is 40.7 Å². The van der Waals surface area contributed by atoms with E-state index in [-0.39, 0.29) is 6.04 Å². The minimum absolute atomic E-state index is 0.238. The average molecular weight is 315 g/mol. The summed E-state index contributed by atoms with van der Waals surface area (Å²) < 4.78 is 7.43. The Bertz CT molecular complexity index is 719. The lowest BCUT2D eigenvalue weighted by Crippen LogP contribution is -2.15. The summed E-state index contributed by atoms with van der Waals surface area (Å²) in [6.07, 6.45) is 11.6. The van der Waals surface area contributed by atoms with Gasteiger partial charge in [-0.15, -0.1) is 11.3 Å². The Morgan fingerprint density at radius 3 is 3.00 bits per heavy atom. The molecule has 1 unspecified atom stereocenters. The van der Waals surface area contributed by atoms with Crippen molar-refractivity contribution in [1.29, 1.82) is 0 Å². The topological polar surface area (TPSA) is 42.8 Å². The molecule has 22 heavy (non-hydrogen) atoms. The SMILES string of the molecule is CC(C)N=c1scc(-c2ccco2)n1N=CC1CC=CCC1. The van der Waals surface area contributed by atoms with E-state index in [1.165, 1.54) is 0 Å². The first-order chi connectivity index (χ1) is 10.7. The van der Waals surface area contributed by atoms with Gasteiger partial charge in [0.1, 0.15) is 5.69 Å². The minimum atomic E-state index is 0.238. The van der Waals surface area contributed by atoms with Crippen molar-refractivity contribution in [1.82, 2.24) is 4.68 Å². The molecule has 0 radical (unpaired) electrons. The number of nitrogens with zero attached hydrogens (tertiary/aromatic N) is 3. The van der Waals surface area contributed by atoms with Crippen LogP contribution in [0.4, 0.5) is 0 Å². The van der Waals surface area contributed by atoms with E-state index in [0.717, 1.165) is 35.5 Å². The van der Waals surface area contributed by atoms with Gasteiger partial charge in [0.15, 0.2) is 5.76 Å². The van der Waals surface area contributed by atoms with E-state index < -0.39 is 0 Å². The number of aromatic nitrogens is 1. The van der Waals surface area contributed by atoms with Gasteiger partial charge in [0.25, 0.3) is 0 Å². The third-order valence-corrected chi connectivity index (χ3v) is 4.36. The lowest BCUT2D eigenvalue weighted by molar-refractivity contribution is 0.573. The molecule has 2 aromatic rings. The zero-order valence-corrected chi connectivity index (χ0v) is 13.8. The molecule has 0 N–H and O–H groups in total. The lowest BCUT2D eigenvalue weighted by atomic mass is 9.96. The minimum Gasteiger partial charge on any atom is -0.463 e. The maximum atomic E-state index is 5.53. The zero-order chi connectivity index (χ0) is 15.4. The van der Waals surface area contributed by atoms with Crippen LogP contribution in [0, 0.1) is 5.92 Å². The molecular formula is C17H21N3OS. The number of hydrogen-bond donors (Lipinski definition) is 0. The third kappa shape index (κ3) is 3.47. The summed E-state index contributed by atoms with van der Waals surface area (Å²) in [5.41, 5.74) is 0.956. The molecule has 0 spiro atoms. The van der Waals surface area contributed by atoms with Gasteiger partial charge in [-0.1, -0.05) is 12.2 Å². The van der Waals surface area contributed by atoms with E-state index in [2.05, 4.69) is 42.6 Å². The summed E-state index contributed by atoms with van der Waals surface area (Å²) in [5, 5.41) is 6.77. The predicted octanol–water partition coefficient (Wildman–Crippen LogP) is 4.31. The van der Waals surface area contributed by atoms with Crippen molar-refractivity contribution in [2.24, 2.45) is 16.0 Å². The van der Waals surface area contributed by atoms with Crippen LogP contribution in [0.15, 0.2) is 50.4 Å². The van der Waals surface area contributed by atoms with Crippen molar-refractivity contribution in [2.45, 2.75) is 39.2 Å². The molecule has 4 nitrogen and oxygen atoms in total. The van der Waals surface area contributed by atoms with Crippen LogP contribution in [-0.4, -0.2) is 16.9 Å². The van der Waals surface area contributed by atoms with Crippen LogP contribution in [0.1, 0.15) is 33.1 Å². The maximum Gasteiger partial charge on any atom is 0.206 e. The molecule has 116 valence electrons. The number of furan rings is 1. The lowest BCUT2D eigenvalue weighted by Gasteiger charge is -2.12. The highest BCUT2D eigenvalue weighted by Gasteiger charge is 2.11. The number of allylic oxidation sites excluding steroid dienone is 2. The second kappa shape index (κ2) is 6.92. The highest BCUT2D eigenvalue weighted by molar-refractivity contribution is 7.07. The van der Waals surface area contributed by atoms with Gasteiger partial charge in [-0.25, -0.2) is 4.68 Å². The summed E-state index contributed by atoms with van der Waals surface area (Å²) >= 11 is 1.60. The first-order valence-electron chi connectivity index (χ1n) is 7.72. The van der Waals surface area contributed by atoms with Crippen LogP contribution in [0.5, 0.6) is 0 Å². The highest BCUT2D eigenvalue weighted by atomic mass is 32.1. The Hall–Kier alpha value is -1.88. The average Bonchev–Trinajstić information content (AvgIpc) is 3.15. The molecule has 1 aliphatic rings. The molecular weight excluding hydrogens is 294 g/mol. The molecule has 0 saturated carbocycles. The summed E-state index contributed by atoms with van der Waals surface area (Å²) in [5.74, 6) is 1.33. The molecule has 2 heterocycles. The van der Waals surface area contributed by atoms with Gasteiger partial charge in [0, 0.05) is 17.6 Å². The van der Waals surface area contributed by atoms with Crippen LogP contribution < -0.4 is 4.80 Å². The van der Waals surface area contributed by atoms with Crippen LogP contribution in [0.25, 0.3) is 11.5 Å². The van der Waals surface area contributed by atoms with E-state index in [9.17, 15) is 0 Å². The van der Waals surface area contributed by atoms with Gasteiger partial charge in [0.2, 0.25) is 4.80 Å². The Kier molecular flexibility index (Phi) is 4.73. The molecule has 0 saturated heterocycles. The molecule has 5 heteroatoms. The fourth-order valence-electron chi connectivity index (χ4n) is 2.43. The van der Waals surface area contributed by atoms with E-state index >= 15 is 0 Å². The molecule has 2 aromatic heterocycles. The normalized spacial score (nSPS) is 19.6. The zero-order valence-electron chi connectivity index (χ0n) is 13.0. The Morgan fingerprint density at radius 1 is 1.41 bits per heavy atom. The van der Waals surface area contributed by atoms with Crippen LogP contribution >= 0.6 is 11.3 Å². The molecule has 0 bridgehead atoms. The fourth-order valence-corrected chi connectivity index (χ4v) is 3.38. The molecule has 1 aliphatic carbocycles. The molecule has 3 rings (SSSR count). The molecule has 0 fully saturated rings. The Labute approximate surface area is 134 Å². The van der Waals surface area contributed by atoms with Crippen LogP contribution in [0.2, 0.25) is 0 Å². The molecule has 1 atom stereocenters. The van der Waals surface area contributed by atoms with E-state index in [1.54, 1.807) is 17.6 Å². The number of hydrogen-bond acceptors (Lipinski definition) is 4. The predicted molar refractivity (Wildman–Crippen MR) is 91.1 cm³/mol. The van der Waals surface area contributed by atoms with E-state index in [4.69, 9.17) is 9.52 Å². The fraction of sp³-hybridized carbons (Fsp3) is 0.412. The number of thiazole rings is 1. The summed E-state index contributed by atoms with van der Waals surface area (Å²) in [6, 6.07) is 4.09. The van der Waals surface area contributed by atoms with Gasteiger partial charge in [-0.3, -0.25) is 4.99 Å². The van der Waals surface area contributed by atoms with Gasteiger partial charge in [-0.2, -0.15) is 5.10 Å². The van der Waals surface area contributed by atoms with Crippen LogP contribution in [0.3, 0.4) is 0 Å². The Balaban J connectivity index is 1.97. The second-order valence-electron chi connectivity index (χ2n) is 5.72. The van der Waals surface area contributed by atoms with Gasteiger partial charge < -0.3 is 4.42 Å². The summed E-state index contributed by atoms with van der Waals surface area (Å²) in [7, 11) is 0. The molecule has 0 amide bonds. The monoisotopic (exact) mass is 315 g/mol. The van der Waals surface area contributed by atoms with Gasteiger partial charge in [0.05, 0.1) is 6.26 Å². The quantitative estimate of drug-likeness (QED) is 0.612. The standard InChI is InChI=1S/C17H21N3OS/c1-13(2)19-17-20(18-11-14-7-4-3-5-8-14)15(12-22-17)16-9-6-10-21-16/h3-4,6,9-14H,5,7-8H2,1-2H3. The van der Waals surface area contributed by atoms with Crippen molar-refractivity contribution in [3.63, 3.8) is 0 Å². The second-order valence-corrected chi connectivity index (χ2v) is 6.56. The first-order valence-corrected chi connectivity index (χ1v) is 8.59. The van der Waals surface area contributed by atoms with Gasteiger partial charge in [-0.05, 0) is 51.2 Å². The van der Waals surface area contributed by atoms with Crippen molar-refractivity contribution < 1.29 is 4.42 Å². The first kappa shape index (κ1) is 15.0. The van der Waals surface area contributed by atoms with Crippen LogP contribution in [-0.2, 0) is 0 Å². The molecule has 0 aromatic carbocycles. The van der Waals surface area contributed by atoms with E-state index in [1.807, 2.05) is 16.8 Å². The highest BCUT2D eigenvalue weighted by Crippen LogP contribution is 2.21. The Morgan fingerprint density at radius 2 is 2.32 bits per heavy atom. The van der Waals surface area contributed by atoms with Crippen molar-refractivity contribution >= 4 is 17.6 Å². The smallest absolute Gasteiger partial charge is 0.206 e. The molecule has 0 aliphatic heterocycles. The van der Waals surface area contributed by atoms with Crippen molar-refractivity contribution in [3.8, 4) is 11.5 Å². The maximum absolute atomic E-state index is 5.53.